The zero-order valence-corrected chi connectivity index (χ0v) is 20.1. The first-order valence-electron chi connectivity index (χ1n) is 11.0. The van der Waals surface area contributed by atoms with Crippen LogP contribution in [0.2, 0.25) is 0 Å². The van der Waals surface area contributed by atoms with Gasteiger partial charge in [-0.3, -0.25) is 14.4 Å². The molecule has 1 atom stereocenters. The van der Waals surface area contributed by atoms with Crippen molar-refractivity contribution in [2.45, 2.75) is 44.6 Å². The third-order valence-corrected chi connectivity index (χ3v) is 7.73. The van der Waals surface area contributed by atoms with Crippen molar-refractivity contribution in [2.75, 3.05) is 37.6 Å². The van der Waals surface area contributed by atoms with Crippen LogP contribution in [0.4, 0.5) is 5.69 Å². The number of anilines is 1. The Labute approximate surface area is 191 Å². The summed E-state index contributed by atoms with van der Waals surface area (Å²) < 4.78 is 33.4. The number of rotatable bonds is 8. The number of nitrogens with zero attached hydrogens (tertiary/aromatic N) is 1. The molecule has 0 bridgehead atoms. The summed E-state index contributed by atoms with van der Waals surface area (Å²) in [4.78, 5) is 15.3. The molecule has 174 valence electrons. The maximum absolute atomic E-state index is 12.7. The normalized spacial score (nSPS) is 16.9. The molecule has 1 unspecified atom stereocenters. The molecule has 7 nitrogen and oxygen atoms in total. The monoisotopic (exact) mass is 459 g/mol. The Balaban J connectivity index is 1.63. The number of benzene rings is 2. The Kier molecular flexibility index (Phi) is 7.59. The first kappa shape index (κ1) is 24.2. The van der Waals surface area contributed by atoms with Crippen LogP contribution in [0, 0.1) is 13.8 Å². The number of aryl methyl sites for hydroxylation is 2. The molecule has 2 N–H and O–H groups in total. The van der Waals surface area contributed by atoms with Gasteiger partial charge in [0.25, 0.3) is 15.9 Å². The maximum atomic E-state index is 12.7. The number of hydrogen-bond donors (Lipinski definition) is 2. The molecule has 8 heteroatoms. The molecule has 0 aromatic heterocycles. The number of hydrogen-bond acceptors (Lipinski definition) is 5. The summed E-state index contributed by atoms with van der Waals surface area (Å²) in [6, 6.07) is 11.5. The van der Waals surface area contributed by atoms with Gasteiger partial charge in [-0.25, -0.2) is 8.42 Å². The largest absolute Gasteiger partial charge is 0.379 e. The van der Waals surface area contributed by atoms with E-state index in [1.165, 1.54) is 0 Å². The minimum atomic E-state index is -3.70. The number of carbonyl (C=O) groups is 1. The molecule has 1 heterocycles. The Morgan fingerprint density at radius 2 is 1.72 bits per heavy atom. The summed E-state index contributed by atoms with van der Waals surface area (Å²) in [5, 5.41) is 3.03. The maximum Gasteiger partial charge on any atom is 0.261 e. The summed E-state index contributed by atoms with van der Waals surface area (Å²) in [5.41, 5.74) is 2.70. The van der Waals surface area contributed by atoms with Crippen LogP contribution in [-0.4, -0.2) is 57.6 Å². The summed E-state index contributed by atoms with van der Waals surface area (Å²) in [7, 11) is -3.70. The molecule has 32 heavy (non-hydrogen) atoms. The SMILES string of the molecule is CCC(C)(CNC(=O)c1ccc(NS(=O)(=O)c2ccc(C)c(C)c2)cc1)N1CCOCC1. The van der Waals surface area contributed by atoms with Crippen molar-refractivity contribution in [3.8, 4) is 0 Å². The van der Waals surface area contributed by atoms with E-state index < -0.39 is 10.0 Å². The van der Waals surface area contributed by atoms with E-state index in [0.29, 0.717) is 31.0 Å². The fourth-order valence-electron chi connectivity index (χ4n) is 3.72. The third-order valence-electron chi connectivity index (χ3n) is 6.35. The second kappa shape index (κ2) is 10.0. The van der Waals surface area contributed by atoms with E-state index >= 15 is 0 Å². The smallest absolute Gasteiger partial charge is 0.261 e. The molecular weight excluding hydrogens is 426 g/mol. The van der Waals surface area contributed by atoms with Gasteiger partial charge in [0.05, 0.1) is 18.1 Å². The second-order valence-electron chi connectivity index (χ2n) is 8.56. The molecule has 2 aromatic rings. The molecule has 0 aliphatic carbocycles. The van der Waals surface area contributed by atoms with E-state index in [9.17, 15) is 13.2 Å². The highest BCUT2D eigenvalue weighted by Crippen LogP contribution is 2.21. The van der Waals surface area contributed by atoms with Gasteiger partial charge in [-0.1, -0.05) is 13.0 Å². The van der Waals surface area contributed by atoms with Crippen LogP contribution in [0.1, 0.15) is 41.8 Å². The van der Waals surface area contributed by atoms with Crippen molar-refractivity contribution >= 4 is 21.6 Å². The lowest BCUT2D eigenvalue weighted by molar-refractivity contribution is -0.0169. The minimum Gasteiger partial charge on any atom is -0.379 e. The molecule has 0 radical (unpaired) electrons. The standard InChI is InChI=1S/C24H33N3O4S/c1-5-24(4,27-12-14-31-15-13-27)17-25-23(28)20-7-9-21(10-8-20)26-32(29,30)22-11-6-18(2)19(3)16-22/h6-11,16,26H,5,12-15,17H2,1-4H3,(H,25,28). The lowest BCUT2D eigenvalue weighted by atomic mass is 9.95. The van der Waals surface area contributed by atoms with Crippen molar-refractivity contribution in [3.05, 3.63) is 59.2 Å². The Morgan fingerprint density at radius 3 is 2.31 bits per heavy atom. The molecule has 1 aliphatic heterocycles. The molecule has 1 aliphatic rings. The fourth-order valence-corrected chi connectivity index (χ4v) is 4.86. The van der Waals surface area contributed by atoms with Gasteiger partial charge < -0.3 is 10.1 Å². The summed E-state index contributed by atoms with van der Waals surface area (Å²) in [6.07, 6.45) is 0.909. The van der Waals surface area contributed by atoms with Crippen LogP contribution in [-0.2, 0) is 14.8 Å². The number of nitrogens with one attached hydrogen (secondary N) is 2. The topological polar surface area (TPSA) is 87.7 Å². The minimum absolute atomic E-state index is 0.138. The Morgan fingerprint density at radius 1 is 1.06 bits per heavy atom. The van der Waals surface area contributed by atoms with E-state index in [1.807, 2.05) is 13.8 Å². The van der Waals surface area contributed by atoms with Gasteiger partial charge >= 0.3 is 0 Å². The molecule has 1 amide bonds. The molecule has 1 fully saturated rings. The number of amides is 1. The highest BCUT2D eigenvalue weighted by molar-refractivity contribution is 7.92. The van der Waals surface area contributed by atoms with Crippen LogP contribution in [0.5, 0.6) is 0 Å². The van der Waals surface area contributed by atoms with Crippen LogP contribution in [0.25, 0.3) is 0 Å². The number of carbonyl (C=O) groups excluding carboxylic acids is 1. The van der Waals surface area contributed by atoms with Gasteiger partial charge in [0.2, 0.25) is 0 Å². The zero-order chi connectivity index (χ0) is 23.4. The first-order valence-corrected chi connectivity index (χ1v) is 12.4. The third kappa shape index (κ3) is 5.68. The van der Waals surface area contributed by atoms with Crippen molar-refractivity contribution in [1.82, 2.24) is 10.2 Å². The van der Waals surface area contributed by atoms with Crippen molar-refractivity contribution in [1.29, 1.82) is 0 Å². The number of morpholine rings is 1. The average Bonchev–Trinajstić information content (AvgIpc) is 2.79. The van der Waals surface area contributed by atoms with Crippen molar-refractivity contribution in [3.63, 3.8) is 0 Å². The lowest BCUT2D eigenvalue weighted by Gasteiger charge is -2.43. The van der Waals surface area contributed by atoms with Crippen LogP contribution >= 0.6 is 0 Å². The predicted octanol–water partition coefficient (Wildman–Crippen LogP) is 3.33. The van der Waals surface area contributed by atoms with Gasteiger partial charge in [0.15, 0.2) is 0 Å². The van der Waals surface area contributed by atoms with E-state index in [0.717, 1.165) is 30.6 Å². The van der Waals surface area contributed by atoms with Crippen LogP contribution in [0.15, 0.2) is 47.4 Å². The average molecular weight is 460 g/mol. The van der Waals surface area contributed by atoms with Gasteiger partial charge in [-0.15, -0.1) is 0 Å². The van der Waals surface area contributed by atoms with Gasteiger partial charge in [-0.05, 0) is 74.7 Å². The van der Waals surface area contributed by atoms with E-state index in [2.05, 4.69) is 28.8 Å². The zero-order valence-electron chi connectivity index (χ0n) is 19.3. The van der Waals surface area contributed by atoms with Gasteiger partial charge in [0, 0.05) is 36.4 Å². The highest BCUT2D eigenvalue weighted by Gasteiger charge is 2.31. The molecule has 2 aromatic carbocycles. The highest BCUT2D eigenvalue weighted by atomic mass is 32.2. The number of sulfonamides is 1. The molecular formula is C24H33N3O4S. The van der Waals surface area contributed by atoms with Crippen molar-refractivity contribution < 1.29 is 17.9 Å². The fraction of sp³-hybridized carbons (Fsp3) is 0.458. The molecule has 3 rings (SSSR count). The second-order valence-corrected chi connectivity index (χ2v) is 10.2. The number of ether oxygens (including phenoxy) is 1. The van der Waals surface area contributed by atoms with Gasteiger partial charge in [0.1, 0.15) is 0 Å². The molecule has 1 saturated heterocycles. The lowest BCUT2D eigenvalue weighted by Crippen LogP contribution is -2.56. The van der Waals surface area contributed by atoms with Gasteiger partial charge in [-0.2, -0.15) is 0 Å². The van der Waals surface area contributed by atoms with E-state index in [1.54, 1.807) is 42.5 Å². The van der Waals surface area contributed by atoms with E-state index in [4.69, 9.17) is 4.74 Å². The molecule has 0 saturated carbocycles. The first-order chi connectivity index (χ1) is 15.1. The quantitative estimate of drug-likeness (QED) is 0.632. The summed E-state index contributed by atoms with van der Waals surface area (Å²) in [5.74, 6) is -0.179. The molecule has 0 spiro atoms. The summed E-state index contributed by atoms with van der Waals surface area (Å²) >= 11 is 0. The van der Waals surface area contributed by atoms with Crippen LogP contribution in [0.3, 0.4) is 0 Å². The van der Waals surface area contributed by atoms with Crippen molar-refractivity contribution in [2.24, 2.45) is 0 Å². The summed E-state index contributed by atoms with van der Waals surface area (Å²) in [6.45, 7) is 11.8. The Hall–Kier alpha value is -2.42. The van der Waals surface area contributed by atoms with E-state index in [-0.39, 0.29) is 16.3 Å². The predicted molar refractivity (Wildman–Crippen MR) is 127 cm³/mol. The Bertz CT molecular complexity index is 1050. The van der Waals surface area contributed by atoms with Crippen LogP contribution < -0.4 is 10.0 Å².